The van der Waals surface area contributed by atoms with E-state index in [9.17, 15) is 13.6 Å². The van der Waals surface area contributed by atoms with Gasteiger partial charge in [0.05, 0.1) is 5.69 Å². The van der Waals surface area contributed by atoms with Gasteiger partial charge < -0.3 is 9.88 Å². The predicted octanol–water partition coefficient (Wildman–Crippen LogP) is 2.19. The van der Waals surface area contributed by atoms with Gasteiger partial charge in [0.2, 0.25) is 0 Å². The maximum Gasteiger partial charge on any atom is 0.273 e. The number of aromatic amines is 1. The normalized spacial score (nSPS) is 15.6. The summed E-state index contributed by atoms with van der Waals surface area (Å²) >= 11 is 0. The van der Waals surface area contributed by atoms with E-state index < -0.39 is 11.6 Å². The summed E-state index contributed by atoms with van der Waals surface area (Å²) in [5.74, 6) is -1.09. The molecule has 1 fully saturated rings. The molecule has 1 N–H and O–H groups in total. The molecule has 0 saturated carbocycles. The standard InChI is InChI=1S/C19H21F2N5O/c1-2-16-19(27)22-18-9-13(12-26(18)23-16)11-24-5-7-25(8-6-24)17-4-3-14(20)10-15(17)21/h3-4,9-10,12H,2,5-8,11H2,1H3,(H,22,27). The third-order valence-corrected chi connectivity index (χ3v) is 4.95. The lowest BCUT2D eigenvalue weighted by Gasteiger charge is -2.36. The fourth-order valence-corrected chi connectivity index (χ4v) is 3.51. The van der Waals surface area contributed by atoms with E-state index in [4.69, 9.17) is 0 Å². The summed E-state index contributed by atoms with van der Waals surface area (Å²) in [5, 5.41) is 4.35. The Hall–Kier alpha value is -2.74. The summed E-state index contributed by atoms with van der Waals surface area (Å²) in [6, 6.07) is 5.64. The highest BCUT2D eigenvalue weighted by molar-refractivity contribution is 5.48. The van der Waals surface area contributed by atoms with Gasteiger partial charge in [-0.15, -0.1) is 0 Å². The van der Waals surface area contributed by atoms with E-state index in [0.29, 0.717) is 36.5 Å². The van der Waals surface area contributed by atoms with Crippen molar-refractivity contribution in [2.75, 3.05) is 31.1 Å². The minimum atomic E-state index is -0.562. The Labute approximate surface area is 155 Å². The van der Waals surface area contributed by atoms with Crippen LogP contribution in [0.1, 0.15) is 18.2 Å². The number of fused-ring (bicyclic) bond motifs is 1. The van der Waals surface area contributed by atoms with Crippen LogP contribution in [0.2, 0.25) is 0 Å². The Kier molecular flexibility index (Phi) is 4.65. The number of anilines is 1. The second-order valence-corrected chi connectivity index (χ2v) is 6.79. The first-order valence-corrected chi connectivity index (χ1v) is 9.06. The van der Waals surface area contributed by atoms with E-state index >= 15 is 0 Å². The number of halogens is 2. The fourth-order valence-electron chi connectivity index (χ4n) is 3.51. The Balaban J connectivity index is 1.43. The highest BCUT2D eigenvalue weighted by atomic mass is 19.1. The van der Waals surface area contributed by atoms with Gasteiger partial charge in [-0.3, -0.25) is 9.69 Å². The Morgan fingerprint density at radius 2 is 1.93 bits per heavy atom. The number of piperazine rings is 1. The average Bonchev–Trinajstić information content (AvgIpc) is 3.03. The summed E-state index contributed by atoms with van der Waals surface area (Å²) in [4.78, 5) is 18.9. The van der Waals surface area contributed by atoms with E-state index in [1.165, 1.54) is 12.1 Å². The molecule has 2 aromatic heterocycles. The summed E-state index contributed by atoms with van der Waals surface area (Å²) in [7, 11) is 0. The van der Waals surface area contributed by atoms with Gasteiger partial charge in [0.25, 0.3) is 5.56 Å². The number of aromatic nitrogens is 3. The van der Waals surface area contributed by atoms with E-state index in [-0.39, 0.29) is 5.56 Å². The first-order chi connectivity index (χ1) is 13.0. The van der Waals surface area contributed by atoms with Crippen LogP contribution in [-0.4, -0.2) is 45.7 Å². The summed E-state index contributed by atoms with van der Waals surface area (Å²) in [6.45, 7) is 5.51. The molecule has 1 aromatic carbocycles. The zero-order chi connectivity index (χ0) is 19.0. The van der Waals surface area contributed by atoms with E-state index in [1.807, 2.05) is 24.1 Å². The van der Waals surface area contributed by atoms with Crippen molar-refractivity contribution in [1.82, 2.24) is 19.5 Å². The highest BCUT2D eigenvalue weighted by Gasteiger charge is 2.20. The Bertz CT molecular complexity index is 1020. The third-order valence-electron chi connectivity index (χ3n) is 4.95. The quantitative estimate of drug-likeness (QED) is 0.762. The summed E-state index contributed by atoms with van der Waals surface area (Å²) in [6.07, 6.45) is 2.51. The van der Waals surface area contributed by atoms with Crippen molar-refractivity contribution in [2.24, 2.45) is 0 Å². The number of hydrogen-bond donors (Lipinski definition) is 1. The van der Waals surface area contributed by atoms with Crippen molar-refractivity contribution in [3.63, 3.8) is 0 Å². The van der Waals surface area contributed by atoms with Crippen LogP contribution in [0.25, 0.3) is 5.65 Å². The largest absolute Gasteiger partial charge is 0.367 e. The molecule has 6 nitrogen and oxygen atoms in total. The van der Waals surface area contributed by atoms with E-state index in [2.05, 4.69) is 15.0 Å². The SMILES string of the molecule is CCc1nn2cc(CN3CCN(c4ccc(F)cc4F)CC3)cc2[nH]c1=O. The van der Waals surface area contributed by atoms with Gasteiger partial charge in [-0.2, -0.15) is 5.10 Å². The topological polar surface area (TPSA) is 56.6 Å². The van der Waals surface area contributed by atoms with Gasteiger partial charge in [0.15, 0.2) is 0 Å². The van der Waals surface area contributed by atoms with Gasteiger partial charge in [-0.05, 0) is 30.2 Å². The molecule has 0 spiro atoms. The van der Waals surface area contributed by atoms with Crippen LogP contribution in [0.5, 0.6) is 0 Å². The van der Waals surface area contributed by atoms with Crippen molar-refractivity contribution >= 4 is 11.3 Å². The molecule has 8 heteroatoms. The van der Waals surface area contributed by atoms with Crippen molar-refractivity contribution < 1.29 is 8.78 Å². The molecule has 3 aromatic rings. The van der Waals surface area contributed by atoms with Crippen LogP contribution in [0.3, 0.4) is 0 Å². The van der Waals surface area contributed by atoms with Crippen LogP contribution >= 0.6 is 0 Å². The number of aryl methyl sites for hydroxylation is 1. The molecule has 0 amide bonds. The lowest BCUT2D eigenvalue weighted by Crippen LogP contribution is -2.46. The molecule has 0 radical (unpaired) electrons. The van der Waals surface area contributed by atoms with Crippen LogP contribution in [0, 0.1) is 11.6 Å². The molecule has 1 aliphatic rings. The maximum atomic E-state index is 14.0. The van der Waals surface area contributed by atoms with E-state index in [0.717, 1.165) is 31.3 Å². The van der Waals surface area contributed by atoms with Gasteiger partial charge >= 0.3 is 0 Å². The molecule has 0 bridgehead atoms. The molecular formula is C19H21F2N5O. The summed E-state index contributed by atoms with van der Waals surface area (Å²) < 4.78 is 28.7. The van der Waals surface area contributed by atoms with Crippen LogP contribution in [0.4, 0.5) is 14.5 Å². The van der Waals surface area contributed by atoms with Gasteiger partial charge in [0, 0.05) is 45.0 Å². The molecule has 27 heavy (non-hydrogen) atoms. The molecule has 142 valence electrons. The Morgan fingerprint density at radius 3 is 2.63 bits per heavy atom. The lowest BCUT2D eigenvalue weighted by molar-refractivity contribution is 0.249. The summed E-state index contributed by atoms with van der Waals surface area (Å²) in [5.41, 5.74) is 2.55. The van der Waals surface area contributed by atoms with Crippen LogP contribution in [0.15, 0.2) is 35.3 Å². The zero-order valence-corrected chi connectivity index (χ0v) is 15.1. The van der Waals surface area contributed by atoms with Gasteiger partial charge in [-0.1, -0.05) is 6.92 Å². The molecule has 3 heterocycles. The average molecular weight is 373 g/mol. The smallest absolute Gasteiger partial charge is 0.273 e. The minimum absolute atomic E-state index is 0.149. The molecule has 0 atom stereocenters. The molecule has 0 aliphatic carbocycles. The molecule has 1 aliphatic heterocycles. The first kappa shape index (κ1) is 17.7. The van der Waals surface area contributed by atoms with Crippen molar-refractivity contribution in [3.05, 3.63) is 63.7 Å². The van der Waals surface area contributed by atoms with E-state index in [1.54, 1.807) is 4.52 Å². The molecule has 1 saturated heterocycles. The van der Waals surface area contributed by atoms with Crippen LogP contribution in [-0.2, 0) is 13.0 Å². The third kappa shape index (κ3) is 3.57. The molecular weight excluding hydrogens is 352 g/mol. The molecule has 0 unspecified atom stereocenters. The Morgan fingerprint density at radius 1 is 1.15 bits per heavy atom. The second kappa shape index (κ2) is 7.11. The number of nitrogens with one attached hydrogen (secondary N) is 1. The number of benzene rings is 1. The predicted molar refractivity (Wildman–Crippen MR) is 99.0 cm³/mol. The number of rotatable bonds is 4. The van der Waals surface area contributed by atoms with Crippen molar-refractivity contribution in [1.29, 1.82) is 0 Å². The maximum absolute atomic E-state index is 14.0. The minimum Gasteiger partial charge on any atom is -0.367 e. The monoisotopic (exact) mass is 373 g/mol. The lowest BCUT2D eigenvalue weighted by atomic mass is 10.2. The highest BCUT2D eigenvalue weighted by Crippen LogP contribution is 2.22. The van der Waals surface area contributed by atoms with Crippen molar-refractivity contribution in [2.45, 2.75) is 19.9 Å². The number of H-pyrrole nitrogens is 1. The fraction of sp³-hybridized carbons (Fsp3) is 0.368. The molecule has 4 rings (SSSR count). The first-order valence-electron chi connectivity index (χ1n) is 9.06. The number of hydrogen-bond acceptors (Lipinski definition) is 4. The number of nitrogens with zero attached hydrogens (tertiary/aromatic N) is 4. The van der Waals surface area contributed by atoms with Crippen molar-refractivity contribution in [3.8, 4) is 0 Å². The zero-order valence-electron chi connectivity index (χ0n) is 15.1. The second-order valence-electron chi connectivity index (χ2n) is 6.79. The van der Waals surface area contributed by atoms with Gasteiger partial charge in [-0.25, -0.2) is 13.3 Å². The van der Waals surface area contributed by atoms with Gasteiger partial charge in [0.1, 0.15) is 23.0 Å². The van der Waals surface area contributed by atoms with Crippen LogP contribution < -0.4 is 10.5 Å².